The Bertz CT molecular complexity index is 457. The lowest BCUT2D eigenvalue weighted by molar-refractivity contribution is 0.569. The van der Waals surface area contributed by atoms with Crippen LogP contribution in [0.15, 0.2) is 30.6 Å². The Morgan fingerprint density at radius 1 is 1.18 bits per heavy atom. The zero-order chi connectivity index (χ0) is 12.5. The fourth-order valence-corrected chi connectivity index (χ4v) is 2.09. The lowest BCUT2D eigenvalue weighted by atomic mass is 9.93. The van der Waals surface area contributed by atoms with E-state index in [1.807, 2.05) is 6.20 Å². The minimum atomic E-state index is 0.204. The van der Waals surface area contributed by atoms with Crippen molar-refractivity contribution in [1.82, 2.24) is 9.97 Å². The molecule has 2 aromatic rings. The molecule has 17 heavy (non-hydrogen) atoms. The molecule has 2 heterocycles. The van der Waals surface area contributed by atoms with Crippen molar-refractivity contribution >= 4 is 0 Å². The number of aromatic amines is 2. The van der Waals surface area contributed by atoms with E-state index >= 15 is 0 Å². The molecule has 0 fully saturated rings. The van der Waals surface area contributed by atoms with E-state index < -0.39 is 0 Å². The van der Waals surface area contributed by atoms with Crippen molar-refractivity contribution in [3.8, 4) is 0 Å². The van der Waals surface area contributed by atoms with Crippen molar-refractivity contribution < 1.29 is 0 Å². The molecule has 0 aliphatic rings. The van der Waals surface area contributed by atoms with Crippen molar-refractivity contribution in [2.45, 2.75) is 45.4 Å². The normalized spacial score (nSPS) is 13.9. The summed E-state index contributed by atoms with van der Waals surface area (Å²) in [5.74, 6) is 0.549. The molecule has 0 saturated heterocycles. The fraction of sp³-hybridized carbons (Fsp3) is 0.467. The summed E-state index contributed by atoms with van der Waals surface area (Å²) in [5, 5.41) is 0. The smallest absolute Gasteiger partial charge is 0.0203 e. The summed E-state index contributed by atoms with van der Waals surface area (Å²) in [6, 6.07) is 6.57. The number of aromatic nitrogens is 2. The SMILES string of the molecule is CC(Cc1ccc(C(C)(C)C)[nH]1)c1cc[nH]c1. The Labute approximate surface area is 103 Å². The van der Waals surface area contributed by atoms with Crippen LogP contribution >= 0.6 is 0 Å². The molecule has 2 rings (SSSR count). The molecule has 0 aliphatic heterocycles. The Kier molecular flexibility index (Phi) is 3.14. The Morgan fingerprint density at radius 2 is 1.94 bits per heavy atom. The molecule has 2 nitrogen and oxygen atoms in total. The van der Waals surface area contributed by atoms with Crippen LogP contribution < -0.4 is 0 Å². The van der Waals surface area contributed by atoms with Gasteiger partial charge >= 0.3 is 0 Å². The van der Waals surface area contributed by atoms with E-state index in [1.165, 1.54) is 17.0 Å². The Balaban J connectivity index is 2.07. The molecule has 1 unspecified atom stereocenters. The maximum absolute atomic E-state index is 3.54. The monoisotopic (exact) mass is 230 g/mol. The van der Waals surface area contributed by atoms with Crippen LogP contribution in [0.1, 0.15) is 50.6 Å². The largest absolute Gasteiger partial charge is 0.367 e. The summed E-state index contributed by atoms with van der Waals surface area (Å²) in [6.45, 7) is 8.97. The average molecular weight is 230 g/mol. The molecule has 92 valence electrons. The van der Waals surface area contributed by atoms with Crippen LogP contribution in [0.3, 0.4) is 0 Å². The first-order valence-corrected chi connectivity index (χ1v) is 6.28. The summed E-state index contributed by atoms with van der Waals surface area (Å²) in [6.07, 6.45) is 5.13. The van der Waals surface area contributed by atoms with E-state index in [0.717, 1.165) is 6.42 Å². The summed E-state index contributed by atoms with van der Waals surface area (Å²) in [7, 11) is 0. The first-order chi connectivity index (χ1) is 7.97. The maximum atomic E-state index is 3.54. The lowest BCUT2D eigenvalue weighted by Crippen LogP contribution is -2.11. The van der Waals surface area contributed by atoms with Gasteiger partial charge in [0, 0.05) is 29.2 Å². The Hall–Kier alpha value is -1.44. The van der Waals surface area contributed by atoms with E-state index in [2.05, 4.69) is 62.1 Å². The van der Waals surface area contributed by atoms with Crippen molar-refractivity contribution in [3.63, 3.8) is 0 Å². The van der Waals surface area contributed by atoms with Crippen LogP contribution in [0, 0.1) is 0 Å². The minimum Gasteiger partial charge on any atom is -0.367 e. The number of hydrogen-bond donors (Lipinski definition) is 2. The second kappa shape index (κ2) is 4.44. The van der Waals surface area contributed by atoms with Gasteiger partial charge in [0.1, 0.15) is 0 Å². The predicted octanol–water partition coefficient (Wildman–Crippen LogP) is 3.99. The van der Waals surface area contributed by atoms with Gasteiger partial charge in [-0.05, 0) is 36.1 Å². The first-order valence-electron chi connectivity index (χ1n) is 6.28. The highest BCUT2D eigenvalue weighted by Crippen LogP contribution is 2.24. The highest BCUT2D eigenvalue weighted by Gasteiger charge is 2.16. The highest BCUT2D eigenvalue weighted by atomic mass is 14.7. The second-order valence-corrected chi connectivity index (χ2v) is 5.90. The predicted molar refractivity (Wildman–Crippen MR) is 72.4 cm³/mol. The van der Waals surface area contributed by atoms with Crippen LogP contribution in [-0.4, -0.2) is 9.97 Å². The molecule has 0 saturated carbocycles. The van der Waals surface area contributed by atoms with E-state index in [0.29, 0.717) is 5.92 Å². The molecule has 2 heteroatoms. The molecule has 0 amide bonds. The van der Waals surface area contributed by atoms with Crippen LogP contribution in [0.4, 0.5) is 0 Å². The van der Waals surface area contributed by atoms with Gasteiger partial charge in [-0.25, -0.2) is 0 Å². The summed E-state index contributed by atoms with van der Waals surface area (Å²) >= 11 is 0. The molecule has 0 bridgehead atoms. The molecule has 0 aromatic carbocycles. The maximum Gasteiger partial charge on any atom is 0.0203 e. The molecule has 0 spiro atoms. The third-order valence-electron chi connectivity index (χ3n) is 3.27. The van der Waals surface area contributed by atoms with E-state index in [4.69, 9.17) is 0 Å². The first kappa shape index (κ1) is 12.0. The van der Waals surface area contributed by atoms with Crippen LogP contribution in [0.25, 0.3) is 0 Å². The third kappa shape index (κ3) is 2.82. The van der Waals surface area contributed by atoms with Crippen molar-refractivity contribution in [2.24, 2.45) is 0 Å². The minimum absolute atomic E-state index is 0.204. The third-order valence-corrected chi connectivity index (χ3v) is 3.27. The van der Waals surface area contributed by atoms with Crippen molar-refractivity contribution in [2.75, 3.05) is 0 Å². The van der Waals surface area contributed by atoms with E-state index in [-0.39, 0.29) is 5.41 Å². The van der Waals surface area contributed by atoms with Gasteiger partial charge in [-0.3, -0.25) is 0 Å². The Morgan fingerprint density at radius 3 is 2.47 bits per heavy atom. The molecule has 1 atom stereocenters. The van der Waals surface area contributed by atoms with Gasteiger partial charge in [0.05, 0.1) is 0 Å². The van der Waals surface area contributed by atoms with Crippen LogP contribution in [-0.2, 0) is 11.8 Å². The van der Waals surface area contributed by atoms with Crippen LogP contribution in [0.5, 0.6) is 0 Å². The topological polar surface area (TPSA) is 31.6 Å². The number of nitrogens with one attached hydrogen (secondary N) is 2. The van der Waals surface area contributed by atoms with Gasteiger partial charge in [-0.1, -0.05) is 27.7 Å². The summed E-state index contributed by atoms with van der Waals surface area (Å²) in [5.41, 5.74) is 4.21. The quantitative estimate of drug-likeness (QED) is 0.799. The highest BCUT2D eigenvalue weighted by molar-refractivity contribution is 5.22. The van der Waals surface area contributed by atoms with Gasteiger partial charge in [-0.2, -0.15) is 0 Å². The van der Waals surface area contributed by atoms with Crippen molar-refractivity contribution in [1.29, 1.82) is 0 Å². The number of rotatable bonds is 3. The zero-order valence-electron chi connectivity index (χ0n) is 11.2. The molecule has 2 aromatic heterocycles. The number of hydrogen-bond acceptors (Lipinski definition) is 0. The van der Waals surface area contributed by atoms with Crippen molar-refractivity contribution in [3.05, 3.63) is 47.5 Å². The van der Waals surface area contributed by atoms with Gasteiger partial charge in [0.2, 0.25) is 0 Å². The number of H-pyrrole nitrogens is 2. The van der Waals surface area contributed by atoms with Gasteiger partial charge in [-0.15, -0.1) is 0 Å². The molecular formula is C15H22N2. The lowest BCUT2D eigenvalue weighted by Gasteiger charge is -2.16. The molecule has 0 radical (unpaired) electrons. The fourth-order valence-electron chi connectivity index (χ4n) is 2.09. The van der Waals surface area contributed by atoms with E-state index in [1.54, 1.807) is 0 Å². The standard InChI is InChI=1S/C15H22N2/c1-11(12-7-8-16-10-12)9-13-5-6-14(17-13)15(2,3)4/h5-8,10-11,16-17H,9H2,1-4H3. The summed E-state index contributed by atoms with van der Waals surface area (Å²) < 4.78 is 0. The second-order valence-electron chi connectivity index (χ2n) is 5.90. The molecule has 0 aliphatic carbocycles. The van der Waals surface area contributed by atoms with Gasteiger partial charge in [0.15, 0.2) is 0 Å². The zero-order valence-corrected chi connectivity index (χ0v) is 11.2. The average Bonchev–Trinajstić information content (AvgIpc) is 2.85. The summed E-state index contributed by atoms with van der Waals surface area (Å²) in [4.78, 5) is 6.65. The van der Waals surface area contributed by atoms with Crippen LogP contribution in [0.2, 0.25) is 0 Å². The molecular weight excluding hydrogens is 208 g/mol. The van der Waals surface area contributed by atoms with Gasteiger partial charge in [0.25, 0.3) is 0 Å². The van der Waals surface area contributed by atoms with E-state index in [9.17, 15) is 0 Å². The van der Waals surface area contributed by atoms with Gasteiger partial charge < -0.3 is 9.97 Å². The molecule has 2 N–H and O–H groups in total.